The summed E-state index contributed by atoms with van der Waals surface area (Å²) in [6.07, 6.45) is 1.81. The van der Waals surface area contributed by atoms with Crippen molar-refractivity contribution in [2.45, 2.75) is 38.6 Å². The number of halogens is 1. The summed E-state index contributed by atoms with van der Waals surface area (Å²) in [5.41, 5.74) is -0.0618. The van der Waals surface area contributed by atoms with Gasteiger partial charge in [0.05, 0.1) is 0 Å². The van der Waals surface area contributed by atoms with Crippen molar-refractivity contribution in [2.24, 2.45) is 0 Å². The molecule has 0 spiro atoms. The minimum Gasteiger partial charge on any atom is -0.480 e. The Morgan fingerprint density at radius 1 is 1.43 bits per heavy atom. The second-order valence-electron chi connectivity index (χ2n) is 5.28. The van der Waals surface area contributed by atoms with Crippen LogP contribution >= 0.6 is 0 Å². The second-order valence-corrected chi connectivity index (χ2v) is 5.28. The smallest absolute Gasteiger partial charge is 0.323 e. The van der Waals surface area contributed by atoms with E-state index in [2.05, 4.69) is 5.32 Å². The van der Waals surface area contributed by atoms with Crippen LogP contribution in [0.25, 0.3) is 0 Å². The molecule has 2 N–H and O–H groups in total. The molecule has 1 aromatic rings. The third-order valence-electron chi connectivity index (χ3n) is 3.87. The number of benzene rings is 1. The lowest BCUT2D eigenvalue weighted by Crippen LogP contribution is -2.51. The van der Waals surface area contributed by atoms with Gasteiger partial charge in [-0.15, -0.1) is 0 Å². The number of likely N-dealkylation sites (N-methyl/N-ethyl adjacent to an activating group) is 1. The molecule has 0 heterocycles. The Bertz CT molecular complexity index is 467. The van der Waals surface area contributed by atoms with Crippen LogP contribution in [0.1, 0.15) is 33.1 Å². The molecule has 1 rings (SSSR count). The Morgan fingerprint density at radius 2 is 2.14 bits per heavy atom. The first-order valence-corrected chi connectivity index (χ1v) is 7.40. The predicted molar refractivity (Wildman–Crippen MR) is 83.2 cm³/mol. The maximum atomic E-state index is 13.2. The highest BCUT2D eigenvalue weighted by Gasteiger charge is 2.34. The van der Waals surface area contributed by atoms with E-state index in [1.165, 1.54) is 12.1 Å². The largest absolute Gasteiger partial charge is 0.480 e. The van der Waals surface area contributed by atoms with E-state index in [1.54, 1.807) is 6.07 Å². The van der Waals surface area contributed by atoms with Gasteiger partial charge in [0.1, 0.15) is 11.4 Å². The number of hydrogen-bond acceptors (Lipinski definition) is 3. The van der Waals surface area contributed by atoms with E-state index in [1.807, 2.05) is 31.9 Å². The molecule has 0 aliphatic heterocycles. The van der Waals surface area contributed by atoms with Crippen LogP contribution in [0.4, 0.5) is 10.1 Å². The quantitative estimate of drug-likeness (QED) is 0.736. The Balaban J connectivity index is 2.59. The van der Waals surface area contributed by atoms with Gasteiger partial charge < -0.3 is 15.3 Å². The minimum atomic E-state index is -0.864. The highest BCUT2D eigenvalue weighted by atomic mass is 19.1. The first kappa shape index (κ1) is 17.4. The molecule has 0 saturated carbocycles. The number of rotatable bonds is 9. The maximum absolute atomic E-state index is 13.2. The number of aliphatic carboxylic acids is 1. The van der Waals surface area contributed by atoms with Gasteiger partial charge in [-0.05, 0) is 44.0 Å². The molecule has 118 valence electrons. The van der Waals surface area contributed by atoms with Crippen LogP contribution in [-0.4, -0.2) is 36.8 Å². The van der Waals surface area contributed by atoms with Crippen LogP contribution in [0.3, 0.4) is 0 Å². The molecule has 1 aromatic carbocycles. The second kappa shape index (κ2) is 7.98. The molecule has 4 nitrogen and oxygen atoms in total. The van der Waals surface area contributed by atoms with E-state index in [-0.39, 0.29) is 5.82 Å². The van der Waals surface area contributed by atoms with Gasteiger partial charge in [-0.2, -0.15) is 0 Å². The fourth-order valence-electron chi connectivity index (χ4n) is 2.52. The zero-order valence-corrected chi connectivity index (χ0v) is 13.0. The van der Waals surface area contributed by atoms with Crippen LogP contribution in [0.15, 0.2) is 24.3 Å². The SMILES string of the molecule is CCNC(CC)(CCCN(C)c1cccc(F)c1)C(=O)O. The van der Waals surface area contributed by atoms with Crippen molar-refractivity contribution in [1.82, 2.24) is 5.32 Å². The van der Waals surface area contributed by atoms with Gasteiger partial charge in [0.25, 0.3) is 0 Å². The van der Waals surface area contributed by atoms with Crippen LogP contribution in [-0.2, 0) is 4.79 Å². The lowest BCUT2D eigenvalue weighted by atomic mass is 9.90. The number of carboxylic acid groups (broad SMARTS) is 1. The van der Waals surface area contributed by atoms with Crippen molar-refractivity contribution in [2.75, 3.05) is 25.0 Å². The van der Waals surface area contributed by atoms with Gasteiger partial charge in [-0.1, -0.05) is 19.9 Å². The molecule has 0 aliphatic rings. The highest BCUT2D eigenvalue weighted by Crippen LogP contribution is 2.20. The summed E-state index contributed by atoms with van der Waals surface area (Å²) in [6.45, 7) is 5.10. The number of nitrogens with one attached hydrogen (secondary N) is 1. The van der Waals surface area contributed by atoms with E-state index in [0.717, 1.165) is 12.1 Å². The van der Waals surface area contributed by atoms with E-state index in [0.29, 0.717) is 25.9 Å². The van der Waals surface area contributed by atoms with E-state index in [9.17, 15) is 14.3 Å². The fraction of sp³-hybridized carbons (Fsp3) is 0.562. The number of carbonyl (C=O) groups is 1. The van der Waals surface area contributed by atoms with Gasteiger partial charge in [-0.25, -0.2) is 4.39 Å². The summed E-state index contributed by atoms with van der Waals surface area (Å²) < 4.78 is 13.2. The molecule has 1 atom stereocenters. The third kappa shape index (κ3) is 4.70. The van der Waals surface area contributed by atoms with Crippen LogP contribution in [0, 0.1) is 5.82 Å². The lowest BCUT2D eigenvalue weighted by molar-refractivity contribution is -0.145. The van der Waals surface area contributed by atoms with Crippen molar-refractivity contribution in [3.8, 4) is 0 Å². The predicted octanol–water partition coefficient (Wildman–Crippen LogP) is 2.89. The van der Waals surface area contributed by atoms with Crippen molar-refractivity contribution >= 4 is 11.7 Å². The van der Waals surface area contributed by atoms with Gasteiger partial charge >= 0.3 is 5.97 Å². The summed E-state index contributed by atoms with van der Waals surface area (Å²) >= 11 is 0. The molecule has 21 heavy (non-hydrogen) atoms. The molecule has 0 fully saturated rings. The summed E-state index contributed by atoms with van der Waals surface area (Å²) in [5, 5.41) is 12.5. The molecule has 0 amide bonds. The van der Waals surface area contributed by atoms with Crippen molar-refractivity contribution in [3.05, 3.63) is 30.1 Å². The molecule has 1 unspecified atom stereocenters. The molecule has 0 radical (unpaired) electrons. The molecule has 0 bridgehead atoms. The third-order valence-corrected chi connectivity index (χ3v) is 3.87. The Kier molecular flexibility index (Phi) is 6.62. The average molecular weight is 296 g/mol. The molecular formula is C16H25FN2O2. The highest BCUT2D eigenvalue weighted by molar-refractivity contribution is 5.78. The van der Waals surface area contributed by atoms with Crippen LogP contribution in [0.2, 0.25) is 0 Å². The lowest BCUT2D eigenvalue weighted by Gasteiger charge is -2.30. The monoisotopic (exact) mass is 296 g/mol. The zero-order valence-electron chi connectivity index (χ0n) is 13.0. The molecule has 0 aromatic heterocycles. The van der Waals surface area contributed by atoms with Crippen LogP contribution in [0.5, 0.6) is 0 Å². The average Bonchev–Trinajstić information content (AvgIpc) is 2.45. The number of nitrogens with zero attached hydrogens (tertiary/aromatic N) is 1. The zero-order chi connectivity index (χ0) is 15.9. The van der Waals surface area contributed by atoms with Crippen molar-refractivity contribution < 1.29 is 14.3 Å². The first-order valence-electron chi connectivity index (χ1n) is 7.40. The fourth-order valence-corrected chi connectivity index (χ4v) is 2.52. The molecular weight excluding hydrogens is 271 g/mol. The van der Waals surface area contributed by atoms with Crippen molar-refractivity contribution in [3.63, 3.8) is 0 Å². The van der Waals surface area contributed by atoms with Gasteiger partial charge in [-0.3, -0.25) is 4.79 Å². The van der Waals surface area contributed by atoms with Gasteiger partial charge in [0, 0.05) is 19.3 Å². The summed E-state index contributed by atoms with van der Waals surface area (Å²) in [5.74, 6) is -1.07. The number of hydrogen-bond donors (Lipinski definition) is 2. The maximum Gasteiger partial charge on any atom is 0.323 e. The van der Waals surface area contributed by atoms with Gasteiger partial charge in [0.2, 0.25) is 0 Å². The first-order chi connectivity index (χ1) is 9.95. The normalized spacial score (nSPS) is 13.7. The molecule has 0 saturated heterocycles. The van der Waals surface area contributed by atoms with Crippen LogP contribution < -0.4 is 10.2 Å². The Morgan fingerprint density at radius 3 is 2.67 bits per heavy atom. The summed E-state index contributed by atoms with van der Waals surface area (Å²) in [4.78, 5) is 13.4. The topological polar surface area (TPSA) is 52.6 Å². The Hall–Kier alpha value is -1.62. The molecule has 0 aliphatic carbocycles. The standard InChI is InChI=1S/C16H25FN2O2/c1-4-16(15(20)21,18-5-2)10-7-11-19(3)14-9-6-8-13(17)12-14/h6,8-9,12,18H,4-5,7,10-11H2,1-3H3,(H,20,21). The van der Waals surface area contributed by atoms with E-state index < -0.39 is 11.5 Å². The van der Waals surface area contributed by atoms with E-state index in [4.69, 9.17) is 0 Å². The number of anilines is 1. The summed E-state index contributed by atoms with van der Waals surface area (Å²) in [7, 11) is 1.89. The molecule has 5 heteroatoms. The summed E-state index contributed by atoms with van der Waals surface area (Å²) in [6, 6.07) is 6.41. The number of carboxylic acids is 1. The van der Waals surface area contributed by atoms with Gasteiger partial charge in [0.15, 0.2) is 0 Å². The van der Waals surface area contributed by atoms with E-state index >= 15 is 0 Å². The van der Waals surface area contributed by atoms with Crippen molar-refractivity contribution in [1.29, 1.82) is 0 Å². The minimum absolute atomic E-state index is 0.263. The Labute approximate surface area is 126 Å².